The number of ether oxygens (including phenoxy) is 1. The zero-order valence-electron chi connectivity index (χ0n) is 9.49. The van der Waals surface area contributed by atoms with E-state index in [4.69, 9.17) is 6.57 Å². The zero-order valence-corrected chi connectivity index (χ0v) is 9.49. The molecular weight excluding hydrogens is 232 g/mol. The molecule has 88 valence electrons. The molecule has 18 heavy (non-hydrogen) atoms. The predicted molar refractivity (Wildman–Crippen MR) is 62.9 cm³/mol. The number of nitrogens with zero attached hydrogens (tertiary/aromatic N) is 4. The van der Waals surface area contributed by atoms with E-state index in [0.717, 1.165) is 0 Å². The number of hydrogen-bond donors (Lipinski definition) is 0. The first-order valence-corrected chi connectivity index (χ1v) is 4.99. The molecule has 0 N–H and O–H groups in total. The maximum absolute atomic E-state index is 11.6. The molecule has 6 heteroatoms. The summed E-state index contributed by atoms with van der Waals surface area (Å²) in [7, 11) is 1.29. The summed E-state index contributed by atoms with van der Waals surface area (Å²) in [6, 6.07) is 4.58. The van der Waals surface area contributed by atoms with Crippen LogP contribution in [0.4, 0.5) is 5.82 Å². The largest absolute Gasteiger partial charge is 0.465 e. The molecule has 0 fully saturated rings. The van der Waals surface area contributed by atoms with Crippen molar-refractivity contribution in [3.8, 4) is 11.4 Å². The summed E-state index contributed by atoms with van der Waals surface area (Å²) >= 11 is 0. The quantitative estimate of drug-likeness (QED) is 0.592. The van der Waals surface area contributed by atoms with Gasteiger partial charge in [0.2, 0.25) is 0 Å². The summed E-state index contributed by atoms with van der Waals surface area (Å²) in [4.78, 5) is 26.7. The van der Waals surface area contributed by atoms with Crippen molar-refractivity contribution in [2.75, 3.05) is 7.11 Å². The second-order valence-electron chi connectivity index (χ2n) is 3.26. The van der Waals surface area contributed by atoms with Crippen molar-refractivity contribution in [1.82, 2.24) is 15.0 Å². The normalized spacial score (nSPS) is 9.56. The maximum atomic E-state index is 11.6. The number of hydrogen-bond acceptors (Lipinski definition) is 5. The standard InChI is InChI=1S/C12H8N4O2/c1-13-10-4-3-8(12(17)18-2)11(16-10)9-5-6-14-7-15-9/h3-7H,2H3. The molecular formula is C12H8N4O2. The molecule has 0 aliphatic carbocycles. The molecule has 2 aromatic heterocycles. The zero-order chi connectivity index (χ0) is 13.0. The topological polar surface area (TPSA) is 69.3 Å². The van der Waals surface area contributed by atoms with E-state index in [1.54, 1.807) is 6.07 Å². The van der Waals surface area contributed by atoms with Gasteiger partial charge in [-0.1, -0.05) is 12.6 Å². The summed E-state index contributed by atoms with van der Waals surface area (Å²) < 4.78 is 4.67. The minimum atomic E-state index is -0.521. The number of carbonyl (C=O) groups excluding carboxylic acids is 1. The van der Waals surface area contributed by atoms with E-state index in [0.29, 0.717) is 11.4 Å². The van der Waals surface area contributed by atoms with Crippen molar-refractivity contribution in [1.29, 1.82) is 0 Å². The Bertz CT molecular complexity index is 620. The monoisotopic (exact) mass is 240 g/mol. The number of rotatable bonds is 2. The van der Waals surface area contributed by atoms with E-state index in [1.165, 1.54) is 31.8 Å². The van der Waals surface area contributed by atoms with Gasteiger partial charge in [-0.15, -0.1) is 4.98 Å². The first kappa shape index (κ1) is 11.7. The average Bonchev–Trinajstić information content (AvgIpc) is 2.46. The van der Waals surface area contributed by atoms with Gasteiger partial charge in [0.05, 0.1) is 7.11 Å². The Morgan fingerprint density at radius 2 is 2.22 bits per heavy atom. The fraction of sp³-hybridized carbons (Fsp3) is 0.0833. The molecule has 0 unspecified atom stereocenters. The Labute approximate surface area is 103 Å². The highest BCUT2D eigenvalue weighted by molar-refractivity contribution is 5.95. The van der Waals surface area contributed by atoms with Crippen LogP contribution < -0.4 is 0 Å². The van der Waals surface area contributed by atoms with Gasteiger partial charge in [-0.2, -0.15) is 0 Å². The van der Waals surface area contributed by atoms with Crippen molar-refractivity contribution in [2.24, 2.45) is 0 Å². The summed E-state index contributed by atoms with van der Waals surface area (Å²) in [6.45, 7) is 6.94. The van der Waals surface area contributed by atoms with E-state index < -0.39 is 5.97 Å². The Morgan fingerprint density at radius 3 is 2.83 bits per heavy atom. The van der Waals surface area contributed by atoms with Gasteiger partial charge in [0, 0.05) is 6.20 Å². The van der Waals surface area contributed by atoms with Crippen LogP contribution >= 0.6 is 0 Å². The van der Waals surface area contributed by atoms with Gasteiger partial charge in [-0.05, 0) is 12.1 Å². The van der Waals surface area contributed by atoms with Gasteiger partial charge in [0.25, 0.3) is 5.82 Å². The van der Waals surface area contributed by atoms with Crippen LogP contribution in [-0.2, 0) is 4.74 Å². The van der Waals surface area contributed by atoms with Crippen molar-refractivity contribution < 1.29 is 9.53 Å². The molecule has 0 aromatic carbocycles. The molecule has 6 nitrogen and oxygen atoms in total. The van der Waals surface area contributed by atoms with Gasteiger partial charge < -0.3 is 9.58 Å². The summed E-state index contributed by atoms with van der Waals surface area (Å²) in [5, 5.41) is 0. The van der Waals surface area contributed by atoms with Crippen molar-refractivity contribution >= 4 is 11.8 Å². The number of methoxy groups -OCH3 is 1. The molecule has 0 amide bonds. The molecule has 0 spiro atoms. The van der Waals surface area contributed by atoms with E-state index in [2.05, 4.69) is 24.5 Å². The molecule has 0 aliphatic rings. The SMILES string of the molecule is [C-]#[N+]c1ccc(C(=O)OC)c(-c2ccncn2)n1. The molecule has 2 rings (SSSR count). The number of aromatic nitrogens is 3. The van der Waals surface area contributed by atoms with E-state index in [9.17, 15) is 4.79 Å². The van der Waals surface area contributed by atoms with Crippen LogP contribution in [0.15, 0.2) is 30.7 Å². The minimum Gasteiger partial charge on any atom is -0.465 e. The number of carbonyl (C=O) groups is 1. The lowest BCUT2D eigenvalue weighted by molar-refractivity contribution is 0.0601. The first-order chi connectivity index (χ1) is 8.76. The molecule has 0 saturated carbocycles. The van der Waals surface area contributed by atoms with E-state index in [1.807, 2.05) is 0 Å². The summed E-state index contributed by atoms with van der Waals surface area (Å²) in [5.74, 6) is -0.330. The molecule has 0 saturated heterocycles. The molecule has 2 heterocycles. The first-order valence-electron chi connectivity index (χ1n) is 4.99. The van der Waals surface area contributed by atoms with Crippen molar-refractivity contribution in [2.45, 2.75) is 0 Å². The minimum absolute atomic E-state index is 0.191. The van der Waals surface area contributed by atoms with Crippen molar-refractivity contribution in [3.63, 3.8) is 0 Å². The Kier molecular flexibility index (Phi) is 3.25. The molecule has 2 aromatic rings. The average molecular weight is 240 g/mol. The van der Waals surface area contributed by atoms with Crippen LogP contribution in [0.5, 0.6) is 0 Å². The lowest BCUT2D eigenvalue weighted by Gasteiger charge is -2.03. The highest BCUT2D eigenvalue weighted by Crippen LogP contribution is 2.23. The van der Waals surface area contributed by atoms with Gasteiger partial charge in [0.1, 0.15) is 17.6 Å². The third-order valence-corrected chi connectivity index (χ3v) is 2.22. The molecule has 0 aliphatic heterocycles. The van der Waals surface area contributed by atoms with E-state index >= 15 is 0 Å². The smallest absolute Gasteiger partial charge is 0.342 e. The maximum Gasteiger partial charge on any atom is 0.342 e. The molecule has 0 atom stereocenters. The van der Waals surface area contributed by atoms with Crippen LogP contribution in [-0.4, -0.2) is 28.0 Å². The van der Waals surface area contributed by atoms with E-state index in [-0.39, 0.29) is 11.4 Å². The van der Waals surface area contributed by atoms with Crippen LogP contribution in [0.1, 0.15) is 10.4 Å². The number of pyridine rings is 1. The number of esters is 1. The van der Waals surface area contributed by atoms with Gasteiger partial charge in [-0.25, -0.2) is 14.8 Å². The molecule has 0 bridgehead atoms. The van der Waals surface area contributed by atoms with Crippen molar-refractivity contribution in [3.05, 3.63) is 47.7 Å². The third-order valence-electron chi connectivity index (χ3n) is 2.22. The summed E-state index contributed by atoms with van der Waals surface area (Å²) in [6.07, 6.45) is 2.89. The highest BCUT2D eigenvalue weighted by Gasteiger charge is 2.19. The van der Waals surface area contributed by atoms with Gasteiger partial charge in [0.15, 0.2) is 5.69 Å². The predicted octanol–water partition coefficient (Wildman–Crippen LogP) is 1.88. The fourth-order valence-corrected chi connectivity index (χ4v) is 1.41. The summed E-state index contributed by atoms with van der Waals surface area (Å²) in [5.41, 5.74) is 1.05. The second kappa shape index (κ2) is 5.01. The molecule has 0 radical (unpaired) electrons. The van der Waals surface area contributed by atoms with Crippen LogP contribution in [0.25, 0.3) is 16.2 Å². The fourth-order valence-electron chi connectivity index (χ4n) is 1.41. The van der Waals surface area contributed by atoms with Crippen LogP contribution in [0.2, 0.25) is 0 Å². The van der Waals surface area contributed by atoms with Gasteiger partial charge >= 0.3 is 5.97 Å². The lowest BCUT2D eigenvalue weighted by Crippen LogP contribution is -2.05. The Hall–Kier alpha value is -2.81. The third kappa shape index (κ3) is 2.15. The Morgan fingerprint density at radius 1 is 1.39 bits per heavy atom. The van der Waals surface area contributed by atoms with Crippen LogP contribution in [0, 0.1) is 6.57 Å². The van der Waals surface area contributed by atoms with Crippen LogP contribution in [0.3, 0.4) is 0 Å². The lowest BCUT2D eigenvalue weighted by atomic mass is 10.1. The highest BCUT2D eigenvalue weighted by atomic mass is 16.5. The second-order valence-corrected chi connectivity index (χ2v) is 3.26. The van der Waals surface area contributed by atoms with Gasteiger partial charge in [-0.3, -0.25) is 0 Å². The Balaban J connectivity index is 2.63.